The van der Waals surface area contributed by atoms with Gasteiger partial charge in [-0.1, -0.05) is 0 Å². The molecule has 0 unspecified atom stereocenters. The zero-order chi connectivity index (χ0) is 12.6. The van der Waals surface area contributed by atoms with Gasteiger partial charge < -0.3 is 14.6 Å². The molecule has 1 N–H and O–H groups in total. The zero-order valence-corrected chi connectivity index (χ0v) is 9.37. The van der Waals surface area contributed by atoms with Crippen LogP contribution in [0.25, 0.3) is 0 Å². The minimum absolute atomic E-state index is 0.0868. The number of aryl methyl sites for hydroxylation is 1. The van der Waals surface area contributed by atoms with Crippen LogP contribution in [0, 0.1) is 10.1 Å². The van der Waals surface area contributed by atoms with Gasteiger partial charge in [0.2, 0.25) is 0 Å². The molecule has 1 aliphatic heterocycles. The van der Waals surface area contributed by atoms with Crippen LogP contribution >= 0.6 is 0 Å². The van der Waals surface area contributed by atoms with Crippen LogP contribution in [0.4, 0.5) is 5.69 Å². The number of aromatic nitrogens is 1. The van der Waals surface area contributed by atoms with Gasteiger partial charge in [-0.2, -0.15) is 0 Å². The number of carbonyl (C=O) groups is 1. The second-order valence-electron chi connectivity index (χ2n) is 3.99. The Hall–Kier alpha value is -1.89. The molecule has 17 heavy (non-hydrogen) atoms. The first-order valence-electron chi connectivity index (χ1n) is 5.34. The lowest BCUT2D eigenvalue weighted by Crippen LogP contribution is -2.53. The largest absolute Gasteiger partial charge is 0.389 e. The minimum Gasteiger partial charge on any atom is -0.389 e. The molecule has 1 aromatic heterocycles. The van der Waals surface area contributed by atoms with E-state index in [1.165, 1.54) is 17.2 Å². The van der Waals surface area contributed by atoms with E-state index in [9.17, 15) is 14.9 Å². The number of amides is 1. The lowest BCUT2D eigenvalue weighted by Gasteiger charge is -2.35. The fourth-order valence-electron chi connectivity index (χ4n) is 1.82. The Morgan fingerprint density at radius 2 is 2.29 bits per heavy atom. The minimum atomic E-state index is -0.520. The van der Waals surface area contributed by atoms with Crippen molar-refractivity contribution in [2.45, 2.75) is 19.6 Å². The average Bonchev–Trinajstić information content (AvgIpc) is 2.67. The Morgan fingerprint density at radius 1 is 1.65 bits per heavy atom. The smallest absolute Gasteiger partial charge is 0.287 e. The van der Waals surface area contributed by atoms with E-state index in [0.29, 0.717) is 25.3 Å². The Balaban J connectivity index is 2.24. The summed E-state index contributed by atoms with van der Waals surface area (Å²) in [5.74, 6) is -0.273. The number of β-amino-alcohol motifs (C(OH)–C–C–N with tert-alkyl or cyclic N) is 1. The summed E-state index contributed by atoms with van der Waals surface area (Å²) in [5.41, 5.74) is 0.211. The number of hydrogen-bond acceptors (Lipinski definition) is 4. The van der Waals surface area contributed by atoms with Gasteiger partial charge in [0.05, 0.1) is 17.2 Å². The third-order valence-corrected chi connectivity index (χ3v) is 2.80. The highest BCUT2D eigenvalue weighted by Crippen LogP contribution is 2.20. The van der Waals surface area contributed by atoms with Crippen LogP contribution in [0.1, 0.15) is 17.4 Å². The van der Waals surface area contributed by atoms with Crippen LogP contribution in [0.2, 0.25) is 0 Å². The molecule has 7 heteroatoms. The highest BCUT2D eigenvalue weighted by Gasteiger charge is 2.32. The molecule has 0 bridgehead atoms. The van der Waals surface area contributed by atoms with Crippen molar-refractivity contribution in [1.29, 1.82) is 0 Å². The van der Waals surface area contributed by atoms with Gasteiger partial charge in [-0.15, -0.1) is 0 Å². The molecule has 2 heterocycles. The summed E-state index contributed by atoms with van der Waals surface area (Å²) in [5, 5.41) is 19.8. The van der Waals surface area contributed by atoms with Gasteiger partial charge in [-0.05, 0) is 6.92 Å². The molecule has 1 amide bonds. The fourth-order valence-corrected chi connectivity index (χ4v) is 1.82. The topological polar surface area (TPSA) is 88.6 Å². The predicted molar refractivity (Wildman–Crippen MR) is 58.7 cm³/mol. The van der Waals surface area contributed by atoms with Crippen molar-refractivity contribution in [3.63, 3.8) is 0 Å². The van der Waals surface area contributed by atoms with Crippen molar-refractivity contribution in [2.24, 2.45) is 0 Å². The number of hydrogen-bond donors (Lipinski definition) is 1. The molecule has 0 atom stereocenters. The summed E-state index contributed by atoms with van der Waals surface area (Å²) >= 11 is 0. The number of nitrogens with zero attached hydrogens (tertiary/aromatic N) is 3. The van der Waals surface area contributed by atoms with Gasteiger partial charge in [0.1, 0.15) is 5.69 Å². The molecule has 1 aliphatic rings. The number of rotatable bonds is 3. The number of aliphatic hydroxyl groups is 1. The Bertz CT molecular complexity index is 462. The van der Waals surface area contributed by atoms with Crippen LogP contribution in [-0.4, -0.2) is 44.6 Å². The first kappa shape index (κ1) is 11.6. The number of nitro groups is 1. The molecule has 0 radical (unpaired) electrons. The first-order valence-corrected chi connectivity index (χ1v) is 5.34. The Kier molecular flexibility index (Phi) is 2.84. The van der Waals surface area contributed by atoms with E-state index >= 15 is 0 Å². The van der Waals surface area contributed by atoms with Crippen molar-refractivity contribution < 1.29 is 14.8 Å². The van der Waals surface area contributed by atoms with Crippen LogP contribution in [-0.2, 0) is 6.54 Å². The van der Waals surface area contributed by atoms with Gasteiger partial charge in [-0.3, -0.25) is 14.9 Å². The number of likely N-dealkylation sites (tertiary alicyclic amines) is 1. The zero-order valence-electron chi connectivity index (χ0n) is 9.37. The van der Waals surface area contributed by atoms with E-state index in [-0.39, 0.29) is 11.6 Å². The maximum absolute atomic E-state index is 12.0. The lowest BCUT2D eigenvalue weighted by atomic mass is 10.1. The Labute approximate surface area is 97.4 Å². The molecular formula is C10H13N3O4. The van der Waals surface area contributed by atoms with Crippen LogP contribution in [0.3, 0.4) is 0 Å². The van der Waals surface area contributed by atoms with E-state index in [2.05, 4.69) is 0 Å². The Morgan fingerprint density at radius 3 is 2.76 bits per heavy atom. The molecule has 7 nitrogen and oxygen atoms in total. The number of carbonyl (C=O) groups excluding carboxylic acids is 1. The van der Waals surface area contributed by atoms with E-state index in [4.69, 9.17) is 5.11 Å². The van der Waals surface area contributed by atoms with Crippen molar-refractivity contribution >= 4 is 11.6 Å². The molecule has 1 fully saturated rings. The van der Waals surface area contributed by atoms with Gasteiger partial charge in [0.25, 0.3) is 11.6 Å². The highest BCUT2D eigenvalue weighted by molar-refractivity contribution is 5.94. The van der Waals surface area contributed by atoms with Crippen molar-refractivity contribution in [2.75, 3.05) is 13.1 Å². The average molecular weight is 239 g/mol. The molecule has 92 valence electrons. The third-order valence-electron chi connectivity index (χ3n) is 2.80. The molecule has 2 rings (SSSR count). The first-order chi connectivity index (χ1) is 8.02. The normalized spacial score (nSPS) is 15.8. The molecule has 0 spiro atoms. The highest BCUT2D eigenvalue weighted by atomic mass is 16.6. The van der Waals surface area contributed by atoms with Gasteiger partial charge in [0.15, 0.2) is 0 Å². The summed E-state index contributed by atoms with van der Waals surface area (Å²) in [4.78, 5) is 23.5. The van der Waals surface area contributed by atoms with E-state index in [0.717, 1.165) is 0 Å². The quantitative estimate of drug-likeness (QED) is 0.604. The van der Waals surface area contributed by atoms with Gasteiger partial charge >= 0.3 is 0 Å². The molecular weight excluding hydrogens is 226 g/mol. The predicted octanol–water partition coefficient (Wildman–Crippen LogP) is 0.233. The van der Waals surface area contributed by atoms with Gasteiger partial charge in [0, 0.05) is 25.7 Å². The van der Waals surface area contributed by atoms with Crippen LogP contribution < -0.4 is 0 Å². The second-order valence-corrected chi connectivity index (χ2v) is 3.99. The molecule has 0 aliphatic carbocycles. The van der Waals surface area contributed by atoms with E-state index in [1.807, 2.05) is 6.92 Å². The SMILES string of the molecule is CCn1cc([N+](=O)[O-])cc1C(=O)N1CC(O)C1. The van der Waals surface area contributed by atoms with Gasteiger partial charge in [-0.25, -0.2) is 0 Å². The third kappa shape index (κ3) is 2.01. The summed E-state index contributed by atoms with van der Waals surface area (Å²) < 4.78 is 1.55. The van der Waals surface area contributed by atoms with Crippen LogP contribution in [0.15, 0.2) is 12.3 Å². The summed E-state index contributed by atoms with van der Waals surface area (Å²) in [6.07, 6.45) is 0.877. The van der Waals surface area contributed by atoms with E-state index < -0.39 is 11.0 Å². The van der Waals surface area contributed by atoms with E-state index in [1.54, 1.807) is 4.57 Å². The summed E-state index contributed by atoms with van der Waals surface area (Å²) in [6, 6.07) is 1.27. The molecule has 1 aromatic rings. The second kappa shape index (κ2) is 4.17. The lowest BCUT2D eigenvalue weighted by molar-refractivity contribution is -0.384. The monoisotopic (exact) mass is 239 g/mol. The fraction of sp³-hybridized carbons (Fsp3) is 0.500. The standard InChI is InChI=1S/C10H13N3O4/c1-2-11-4-7(13(16)17)3-9(11)10(15)12-5-8(14)6-12/h3-4,8,14H,2,5-6H2,1H3. The van der Waals surface area contributed by atoms with Crippen molar-refractivity contribution in [3.05, 3.63) is 28.1 Å². The molecule has 1 saturated heterocycles. The molecule has 0 aromatic carbocycles. The maximum atomic E-state index is 12.0. The van der Waals surface area contributed by atoms with Crippen molar-refractivity contribution in [3.8, 4) is 0 Å². The summed E-state index contributed by atoms with van der Waals surface area (Å²) in [7, 11) is 0. The molecule has 0 saturated carbocycles. The summed E-state index contributed by atoms with van der Waals surface area (Å²) in [6.45, 7) is 2.89. The van der Waals surface area contributed by atoms with Crippen molar-refractivity contribution in [1.82, 2.24) is 9.47 Å². The van der Waals surface area contributed by atoms with Crippen LogP contribution in [0.5, 0.6) is 0 Å². The maximum Gasteiger partial charge on any atom is 0.287 e. The number of aliphatic hydroxyl groups excluding tert-OH is 1.